The summed E-state index contributed by atoms with van der Waals surface area (Å²) in [5, 5.41) is 0.985. The van der Waals surface area contributed by atoms with Crippen LogP contribution in [0.4, 0.5) is 0 Å². The molecule has 7 heteroatoms. The Morgan fingerprint density at radius 3 is 2.57 bits per heavy atom. The third-order valence-corrected chi connectivity index (χ3v) is 6.59. The van der Waals surface area contributed by atoms with E-state index in [0.29, 0.717) is 45.2 Å². The molecule has 2 heterocycles. The molecule has 1 aliphatic heterocycles. The standard InChI is InChI=1S/C28H24ClNO5/c1-4-34-22-12-10-17(14-23(22)33-3)25-24-26(31)19-13-16(2)9-11-21(19)35-27(24)28(32)30(25)15-18-7-5-6-8-20(18)29/h5-14,25H,4,15H2,1-3H3. The summed E-state index contributed by atoms with van der Waals surface area (Å²) in [6.45, 7) is 4.49. The summed E-state index contributed by atoms with van der Waals surface area (Å²) < 4.78 is 17.3. The van der Waals surface area contributed by atoms with E-state index >= 15 is 0 Å². The van der Waals surface area contributed by atoms with E-state index in [1.807, 2.05) is 44.2 Å². The average Bonchev–Trinajstić information content (AvgIpc) is 3.13. The van der Waals surface area contributed by atoms with Gasteiger partial charge in [-0.2, -0.15) is 0 Å². The zero-order chi connectivity index (χ0) is 24.7. The maximum Gasteiger partial charge on any atom is 0.291 e. The smallest absolute Gasteiger partial charge is 0.291 e. The van der Waals surface area contributed by atoms with Gasteiger partial charge in [-0.3, -0.25) is 9.59 Å². The minimum atomic E-state index is -0.681. The molecule has 1 atom stereocenters. The second kappa shape index (κ2) is 9.12. The van der Waals surface area contributed by atoms with Gasteiger partial charge >= 0.3 is 0 Å². The van der Waals surface area contributed by atoms with Gasteiger partial charge in [0.15, 0.2) is 16.9 Å². The van der Waals surface area contributed by atoms with Crippen molar-refractivity contribution in [3.63, 3.8) is 0 Å². The predicted octanol–water partition coefficient (Wildman–Crippen LogP) is 5.91. The van der Waals surface area contributed by atoms with Crippen molar-refractivity contribution in [2.24, 2.45) is 0 Å². The first-order chi connectivity index (χ1) is 16.9. The highest BCUT2D eigenvalue weighted by atomic mass is 35.5. The molecule has 0 N–H and O–H groups in total. The minimum absolute atomic E-state index is 0.0521. The minimum Gasteiger partial charge on any atom is -0.493 e. The van der Waals surface area contributed by atoms with Gasteiger partial charge in [0.1, 0.15) is 5.58 Å². The van der Waals surface area contributed by atoms with Gasteiger partial charge in [0.05, 0.1) is 30.7 Å². The number of rotatable bonds is 6. The van der Waals surface area contributed by atoms with Crippen molar-refractivity contribution in [2.45, 2.75) is 26.4 Å². The van der Waals surface area contributed by atoms with Crippen LogP contribution < -0.4 is 14.9 Å². The first kappa shape index (κ1) is 23.0. The van der Waals surface area contributed by atoms with Crippen LogP contribution in [0.3, 0.4) is 0 Å². The summed E-state index contributed by atoms with van der Waals surface area (Å²) in [6, 6.07) is 17.5. The van der Waals surface area contributed by atoms with Gasteiger partial charge in [0.25, 0.3) is 5.91 Å². The summed E-state index contributed by atoms with van der Waals surface area (Å²) in [5.41, 5.74) is 2.88. The first-order valence-electron chi connectivity index (χ1n) is 11.4. The normalized spacial score (nSPS) is 14.9. The fraction of sp³-hybridized carbons (Fsp3) is 0.214. The molecule has 1 aromatic heterocycles. The largest absolute Gasteiger partial charge is 0.493 e. The van der Waals surface area contributed by atoms with E-state index in [2.05, 4.69) is 0 Å². The summed E-state index contributed by atoms with van der Waals surface area (Å²) in [4.78, 5) is 29.1. The van der Waals surface area contributed by atoms with Crippen molar-refractivity contribution in [3.05, 3.63) is 104 Å². The number of halogens is 1. The first-order valence-corrected chi connectivity index (χ1v) is 11.7. The van der Waals surface area contributed by atoms with Gasteiger partial charge in [-0.25, -0.2) is 0 Å². The van der Waals surface area contributed by atoms with Gasteiger partial charge in [0.2, 0.25) is 5.76 Å². The third-order valence-electron chi connectivity index (χ3n) is 6.22. The van der Waals surface area contributed by atoms with E-state index in [4.69, 9.17) is 25.5 Å². The van der Waals surface area contributed by atoms with Crippen LogP contribution in [-0.4, -0.2) is 24.5 Å². The van der Waals surface area contributed by atoms with Crippen LogP contribution in [0.15, 0.2) is 69.9 Å². The van der Waals surface area contributed by atoms with Crippen molar-refractivity contribution >= 4 is 28.5 Å². The van der Waals surface area contributed by atoms with Crippen LogP contribution in [0.2, 0.25) is 5.02 Å². The number of aryl methyl sites for hydroxylation is 1. The number of hydrogen-bond donors (Lipinski definition) is 0. The Labute approximate surface area is 207 Å². The summed E-state index contributed by atoms with van der Waals surface area (Å²) >= 11 is 6.43. The zero-order valence-corrected chi connectivity index (χ0v) is 20.4. The van der Waals surface area contributed by atoms with Gasteiger partial charge in [-0.15, -0.1) is 0 Å². The molecular weight excluding hydrogens is 466 g/mol. The van der Waals surface area contributed by atoms with Crippen molar-refractivity contribution in [3.8, 4) is 11.5 Å². The highest BCUT2D eigenvalue weighted by molar-refractivity contribution is 6.31. The second-order valence-electron chi connectivity index (χ2n) is 8.44. The number of amides is 1. The zero-order valence-electron chi connectivity index (χ0n) is 19.6. The van der Waals surface area contributed by atoms with Gasteiger partial charge in [-0.05, 0) is 55.3 Å². The van der Waals surface area contributed by atoms with E-state index in [0.717, 1.165) is 11.1 Å². The molecule has 0 radical (unpaired) electrons. The second-order valence-corrected chi connectivity index (χ2v) is 8.85. The van der Waals surface area contributed by atoms with Crippen LogP contribution in [0.25, 0.3) is 11.0 Å². The Balaban J connectivity index is 1.73. The highest BCUT2D eigenvalue weighted by Gasteiger charge is 2.43. The lowest BCUT2D eigenvalue weighted by molar-refractivity contribution is 0.0714. The maximum absolute atomic E-state index is 13.8. The number of carbonyl (C=O) groups excluding carboxylic acids is 1. The molecule has 0 saturated carbocycles. The Morgan fingerprint density at radius 1 is 1.03 bits per heavy atom. The van der Waals surface area contributed by atoms with Crippen molar-refractivity contribution < 1.29 is 18.7 Å². The Bertz CT molecular complexity index is 1510. The molecule has 4 aromatic rings. The lowest BCUT2D eigenvalue weighted by atomic mass is 9.97. The quantitative estimate of drug-likeness (QED) is 0.337. The Hall–Kier alpha value is -3.77. The molecule has 1 unspecified atom stereocenters. The number of methoxy groups -OCH3 is 1. The molecule has 1 amide bonds. The molecule has 0 saturated heterocycles. The van der Waals surface area contributed by atoms with E-state index < -0.39 is 6.04 Å². The van der Waals surface area contributed by atoms with Crippen molar-refractivity contribution in [2.75, 3.05) is 13.7 Å². The van der Waals surface area contributed by atoms with Crippen molar-refractivity contribution in [1.82, 2.24) is 4.90 Å². The molecule has 1 aliphatic rings. The molecule has 3 aromatic carbocycles. The molecule has 0 spiro atoms. The topological polar surface area (TPSA) is 69.0 Å². The van der Waals surface area contributed by atoms with E-state index in [1.165, 1.54) is 0 Å². The van der Waals surface area contributed by atoms with E-state index in [9.17, 15) is 9.59 Å². The molecule has 6 nitrogen and oxygen atoms in total. The Morgan fingerprint density at radius 2 is 1.83 bits per heavy atom. The lowest BCUT2D eigenvalue weighted by Gasteiger charge is -2.26. The number of fused-ring (bicyclic) bond motifs is 2. The van der Waals surface area contributed by atoms with Gasteiger partial charge in [0, 0.05) is 11.6 Å². The average molecular weight is 490 g/mol. The molecule has 0 fully saturated rings. The Kier molecular flexibility index (Phi) is 5.99. The number of nitrogens with zero attached hydrogens (tertiary/aromatic N) is 1. The summed E-state index contributed by atoms with van der Waals surface area (Å²) in [7, 11) is 1.56. The number of hydrogen-bond acceptors (Lipinski definition) is 5. The molecule has 178 valence electrons. The third kappa shape index (κ3) is 3.94. The van der Waals surface area contributed by atoms with Gasteiger partial charge < -0.3 is 18.8 Å². The predicted molar refractivity (Wildman–Crippen MR) is 135 cm³/mol. The molecule has 0 aliphatic carbocycles. The summed E-state index contributed by atoms with van der Waals surface area (Å²) in [6.07, 6.45) is 0. The van der Waals surface area contributed by atoms with E-state index in [1.54, 1.807) is 42.3 Å². The molecular formula is C28H24ClNO5. The maximum atomic E-state index is 13.8. The fourth-order valence-corrected chi connectivity index (χ4v) is 4.78. The lowest BCUT2D eigenvalue weighted by Crippen LogP contribution is -2.29. The van der Waals surface area contributed by atoms with Crippen LogP contribution >= 0.6 is 11.6 Å². The number of carbonyl (C=O) groups is 1. The van der Waals surface area contributed by atoms with E-state index in [-0.39, 0.29) is 23.6 Å². The van der Waals surface area contributed by atoms with Crippen LogP contribution in [0, 0.1) is 6.92 Å². The number of benzene rings is 3. The molecule has 35 heavy (non-hydrogen) atoms. The van der Waals surface area contributed by atoms with Crippen LogP contribution in [-0.2, 0) is 6.54 Å². The monoisotopic (exact) mass is 489 g/mol. The summed E-state index contributed by atoms with van der Waals surface area (Å²) in [5.74, 6) is 0.791. The molecule has 0 bridgehead atoms. The van der Waals surface area contributed by atoms with Crippen LogP contribution in [0.5, 0.6) is 11.5 Å². The number of ether oxygens (including phenoxy) is 2. The van der Waals surface area contributed by atoms with Crippen LogP contribution in [0.1, 0.15) is 45.8 Å². The fourth-order valence-electron chi connectivity index (χ4n) is 4.58. The SMILES string of the molecule is CCOc1ccc(C2c3c(oc4ccc(C)cc4c3=O)C(=O)N2Cc2ccccc2Cl)cc1OC. The highest BCUT2D eigenvalue weighted by Crippen LogP contribution is 2.42. The molecule has 5 rings (SSSR count). The van der Waals surface area contributed by atoms with Crippen molar-refractivity contribution in [1.29, 1.82) is 0 Å². The van der Waals surface area contributed by atoms with Gasteiger partial charge in [-0.1, -0.05) is 47.5 Å².